The molecule has 0 radical (unpaired) electrons. The minimum absolute atomic E-state index is 0.237. The van der Waals surface area contributed by atoms with Gasteiger partial charge >= 0.3 is 0 Å². The van der Waals surface area contributed by atoms with Crippen LogP contribution >= 0.6 is 0 Å². The summed E-state index contributed by atoms with van der Waals surface area (Å²) in [5.41, 5.74) is 0. The molecule has 0 aromatic carbocycles. The third-order valence-corrected chi connectivity index (χ3v) is 4.12. The van der Waals surface area contributed by atoms with Crippen LogP contribution in [-0.4, -0.2) is 30.3 Å². The first-order chi connectivity index (χ1) is 9.33. The van der Waals surface area contributed by atoms with Crippen molar-refractivity contribution >= 4 is 0 Å². The smallest absolute Gasteiger partial charge is 0.0946 e. The zero-order valence-electron chi connectivity index (χ0n) is 11.0. The zero-order chi connectivity index (χ0) is 13.1. The summed E-state index contributed by atoms with van der Waals surface area (Å²) in [5.74, 6) is 0.660. The van der Waals surface area contributed by atoms with Crippen LogP contribution in [0, 0.1) is 11.8 Å². The Morgan fingerprint density at radius 1 is 0.947 bits per heavy atom. The van der Waals surface area contributed by atoms with Crippen molar-refractivity contribution in [3.63, 3.8) is 0 Å². The maximum absolute atomic E-state index is 10.6. The maximum Gasteiger partial charge on any atom is 0.0946 e. The Hall–Kier alpha value is -1.62. The SMILES string of the molecule is OC1C(Cn2ccnc2)CCCC1Cn1ccnc1. The van der Waals surface area contributed by atoms with Gasteiger partial charge in [-0.3, -0.25) is 0 Å². The summed E-state index contributed by atoms with van der Waals surface area (Å²) in [6.07, 6.45) is 14.3. The fraction of sp³-hybridized carbons (Fsp3) is 0.571. The van der Waals surface area contributed by atoms with E-state index in [4.69, 9.17) is 0 Å². The lowest BCUT2D eigenvalue weighted by Gasteiger charge is -2.35. The second kappa shape index (κ2) is 5.57. The standard InChI is InChI=1S/C14H20N4O/c19-14-12(8-17-6-4-15-10-17)2-1-3-13(14)9-18-7-5-16-11-18/h4-7,10-14,19H,1-3,8-9H2. The van der Waals surface area contributed by atoms with E-state index in [-0.39, 0.29) is 6.10 Å². The number of hydrogen-bond acceptors (Lipinski definition) is 3. The number of nitrogens with zero attached hydrogens (tertiary/aromatic N) is 4. The fourth-order valence-electron chi connectivity index (χ4n) is 3.10. The molecular weight excluding hydrogens is 240 g/mol. The average Bonchev–Trinajstić information content (AvgIpc) is 3.07. The van der Waals surface area contributed by atoms with Gasteiger partial charge in [0, 0.05) is 49.7 Å². The van der Waals surface area contributed by atoms with Gasteiger partial charge < -0.3 is 14.2 Å². The molecular formula is C14H20N4O. The molecule has 2 heterocycles. The number of aromatic nitrogens is 4. The quantitative estimate of drug-likeness (QED) is 0.907. The first-order valence-electron chi connectivity index (χ1n) is 6.92. The van der Waals surface area contributed by atoms with Crippen molar-refractivity contribution in [2.24, 2.45) is 11.8 Å². The molecule has 2 aromatic rings. The van der Waals surface area contributed by atoms with E-state index in [1.807, 2.05) is 25.0 Å². The third-order valence-electron chi connectivity index (χ3n) is 4.12. The topological polar surface area (TPSA) is 55.9 Å². The predicted octanol–water partition coefficient (Wildman–Crippen LogP) is 1.56. The van der Waals surface area contributed by atoms with E-state index >= 15 is 0 Å². The molecule has 1 fully saturated rings. The molecule has 0 spiro atoms. The average molecular weight is 260 g/mol. The normalized spacial score (nSPS) is 27.5. The molecule has 2 aromatic heterocycles. The fourth-order valence-corrected chi connectivity index (χ4v) is 3.10. The van der Waals surface area contributed by atoms with Crippen molar-refractivity contribution in [1.82, 2.24) is 19.1 Å². The first-order valence-corrected chi connectivity index (χ1v) is 6.92. The Morgan fingerprint density at radius 2 is 1.47 bits per heavy atom. The van der Waals surface area contributed by atoms with Gasteiger partial charge in [-0.05, 0) is 12.8 Å². The highest BCUT2D eigenvalue weighted by Gasteiger charge is 2.31. The summed E-state index contributed by atoms with van der Waals surface area (Å²) < 4.78 is 4.13. The molecule has 0 aliphatic heterocycles. The molecule has 5 heteroatoms. The Labute approximate surface area is 112 Å². The van der Waals surface area contributed by atoms with Crippen molar-refractivity contribution < 1.29 is 5.11 Å². The van der Waals surface area contributed by atoms with Gasteiger partial charge in [0.2, 0.25) is 0 Å². The van der Waals surface area contributed by atoms with Crippen LogP contribution in [0.25, 0.3) is 0 Å². The lowest BCUT2D eigenvalue weighted by atomic mass is 9.78. The van der Waals surface area contributed by atoms with Gasteiger partial charge in [-0.1, -0.05) is 6.42 Å². The lowest BCUT2D eigenvalue weighted by Crippen LogP contribution is -2.37. The molecule has 1 aliphatic carbocycles. The van der Waals surface area contributed by atoms with Crippen LogP contribution in [0.15, 0.2) is 37.4 Å². The van der Waals surface area contributed by atoms with Gasteiger partial charge in [-0.25, -0.2) is 9.97 Å². The number of hydrogen-bond donors (Lipinski definition) is 1. The van der Waals surface area contributed by atoms with Crippen molar-refractivity contribution in [2.75, 3.05) is 0 Å². The number of rotatable bonds is 4. The van der Waals surface area contributed by atoms with E-state index < -0.39 is 0 Å². The predicted molar refractivity (Wildman–Crippen MR) is 71.3 cm³/mol. The van der Waals surface area contributed by atoms with Gasteiger partial charge in [0.25, 0.3) is 0 Å². The van der Waals surface area contributed by atoms with Gasteiger partial charge in [0.05, 0.1) is 18.8 Å². The highest BCUT2D eigenvalue weighted by atomic mass is 16.3. The van der Waals surface area contributed by atoms with Gasteiger partial charge in [-0.2, -0.15) is 0 Å². The highest BCUT2D eigenvalue weighted by Crippen LogP contribution is 2.31. The molecule has 0 bridgehead atoms. The molecule has 0 amide bonds. The molecule has 1 N–H and O–H groups in total. The molecule has 2 unspecified atom stereocenters. The number of aliphatic hydroxyl groups excluding tert-OH is 1. The summed E-state index contributed by atoms with van der Waals surface area (Å²) in [6, 6.07) is 0. The van der Waals surface area contributed by atoms with Crippen LogP contribution in [-0.2, 0) is 13.1 Å². The Kier molecular flexibility index (Phi) is 3.64. The minimum atomic E-state index is -0.237. The molecule has 5 nitrogen and oxygen atoms in total. The van der Waals surface area contributed by atoms with Crippen molar-refractivity contribution in [3.8, 4) is 0 Å². The van der Waals surface area contributed by atoms with Crippen molar-refractivity contribution in [3.05, 3.63) is 37.4 Å². The molecule has 19 heavy (non-hydrogen) atoms. The minimum Gasteiger partial charge on any atom is -0.392 e. The van der Waals surface area contributed by atoms with Crippen LogP contribution in [0.5, 0.6) is 0 Å². The number of aliphatic hydroxyl groups is 1. The molecule has 2 atom stereocenters. The molecule has 0 saturated heterocycles. The largest absolute Gasteiger partial charge is 0.392 e. The molecule has 3 rings (SSSR count). The van der Waals surface area contributed by atoms with Crippen LogP contribution in [0.2, 0.25) is 0 Å². The Morgan fingerprint density at radius 3 is 1.89 bits per heavy atom. The summed E-state index contributed by atoms with van der Waals surface area (Å²) in [5, 5.41) is 10.6. The Bertz CT molecular complexity index is 435. The molecule has 102 valence electrons. The second-order valence-electron chi connectivity index (χ2n) is 5.46. The maximum atomic E-state index is 10.6. The van der Waals surface area contributed by atoms with Crippen LogP contribution in [0.3, 0.4) is 0 Å². The van der Waals surface area contributed by atoms with E-state index in [1.54, 1.807) is 12.4 Å². The summed E-state index contributed by atoms with van der Waals surface area (Å²) in [6.45, 7) is 1.73. The van der Waals surface area contributed by atoms with Crippen molar-refractivity contribution in [2.45, 2.75) is 38.5 Å². The zero-order valence-corrected chi connectivity index (χ0v) is 11.0. The Balaban J connectivity index is 1.63. The summed E-state index contributed by atoms with van der Waals surface area (Å²) >= 11 is 0. The van der Waals surface area contributed by atoms with Crippen LogP contribution in [0.4, 0.5) is 0 Å². The van der Waals surface area contributed by atoms with Gasteiger partial charge in [-0.15, -0.1) is 0 Å². The van der Waals surface area contributed by atoms with Crippen LogP contribution < -0.4 is 0 Å². The van der Waals surface area contributed by atoms with E-state index in [2.05, 4.69) is 19.1 Å². The lowest BCUT2D eigenvalue weighted by molar-refractivity contribution is 0.00325. The molecule has 1 aliphatic rings. The highest BCUT2D eigenvalue weighted by molar-refractivity contribution is 4.86. The summed E-state index contributed by atoms with van der Waals surface area (Å²) in [7, 11) is 0. The number of imidazole rings is 2. The first kappa shape index (κ1) is 12.4. The monoisotopic (exact) mass is 260 g/mol. The third kappa shape index (κ3) is 2.87. The summed E-state index contributed by atoms with van der Waals surface area (Å²) in [4.78, 5) is 8.12. The van der Waals surface area contributed by atoms with Gasteiger partial charge in [0.1, 0.15) is 0 Å². The molecule has 1 saturated carbocycles. The second-order valence-corrected chi connectivity index (χ2v) is 5.46. The van der Waals surface area contributed by atoms with Gasteiger partial charge in [0.15, 0.2) is 0 Å². The van der Waals surface area contributed by atoms with E-state index in [0.717, 1.165) is 25.9 Å². The van der Waals surface area contributed by atoms with Crippen LogP contribution in [0.1, 0.15) is 19.3 Å². The van der Waals surface area contributed by atoms with E-state index in [0.29, 0.717) is 11.8 Å². The van der Waals surface area contributed by atoms with Crippen molar-refractivity contribution in [1.29, 1.82) is 0 Å². The van der Waals surface area contributed by atoms with E-state index in [9.17, 15) is 5.11 Å². The van der Waals surface area contributed by atoms with E-state index in [1.165, 1.54) is 6.42 Å².